The number of ether oxygens (including phenoxy) is 2. The molecule has 0 radical (unpaired) electrons. The molecular formula is C27H30N4O6. The minimum absolute atomic E-state index is 0.126. The van der Waals surface area contributed by atoms with Gasteiger partial charge in [0.15, 0.2) is 11.5 Å². The molecule has 1 spiro atoms. The van der Waals surface area contributed by atoms with Gasteiger partial charge in [-0.3, -0.25) is 29.4 Å². The number of nitrogens with two attached hydrogens (primary N) is 1. The molecule has 3 heterocycles. The molecule has 3 aliphatic heterocycles. The number of amides is 4. The molecule has 194 valence electrons. The Hall–Kier alpha value is -3.92. The van der Waals surface area contributed by atoms with Crippen molar-refractivity contribution in [2.75, 3.05) is 26.1 Å². The van der Waals surface area contributed by atoms with Gasteiger partial charge >= 0.3 is 0 Å². The smallest absolute Gasteiger partial charge is 0.250 e. The Balaban J connectivity index is 1.51. The standard InChI is InChI=1S/C27H30N4O6/c1-13-9-14(2)23-16(10-13)27(26(35)29-23)22-21(17(30-27)12-20(28)32)24(33)31(25(22)34)8-7-15-5-6-18(36-3)19(11-15)37-4/h5-6,9-11,17,21-22,30H,7-8,12H2,1-4H3,(H2,28,32)(H,29,35)/t17-,21+,22-,27-/m0/s1. The number of carbonyl (C=O) groups excluding carboxylic acids is 4. The lowest BCUT2D eigenvalue weighted by Gasteiger charge is -2.29. The summed E-state index contributed by atoms with van der Waals surface area (Å²) < 4.78 is 10.6. The van der Waals surface area contributed by atoms with Crippen LogP contribution in [0.25, 0.3) is 0 Å². The van der Waals surface area contributed by atoms with Gasteiger partial charge in [-0.2, -0.15) is 0 Å². The highest BCUT2D eigenvalue weighted by atomic mass is 16.5. The van der Waals surface area contributed by atoms with Gasteiger partial charge in [-0.25, -0.2) is 0 Å². The fourth-order valence-corrected chi connectivity index (χ4v) is 6.21. The fourth-order valence-electron chi connectivity index (χ4n) is 6.21. The molecule has 0 saturated carbocycles. The number of hydrogen-bond donors (Lipinski definition) is 3. The summed E-state index contributed by atoms with van der Waals surface area (Å²) in [7, 11) is 3.08. The number of methoxy groups -OCH3 is 2. The maximum absolute atomic E-state index is 13.9. The molecule has 4 N–H and O–H groups in total. The van der Waals surface area contributed by atoms with Gasteiger partial charge in [0, 0.05) is 30.3 Å². The molecule has 2 aromatic carbocycles. The van der Waals surface area contributed by atoms with Crippen LogP contribution in [0, 0.1) is 25.7 Å². The number of likely N-dealkylation sites (tertiary alicyclic amines) is 1. The summed E-state index contributed by atoms with van der Waals surface area (Å²) in [5.74, 6) is -2.61. The summed E-state index contributed by atoms with van der Waals surface area (Å²) in [6.45, 7) is 3.92. The monoisotopic (exact) mass is 506 g/mol. The Morgan fingerprint density at radius 2 is 1.78 bits per heavy atom. The largest absolute Gasteiger partial charge is 0.493 e. The molecule has 2 saturated heterocycles. The van der Waals surface area contributed by atoms with Crippen molar-refractivity contribution in [2.45, 2.75) is 38.3 Å². The summed E-state index contributed by atoms with van der Waals surface area (Å²) in [4.78, 5) is 54.3. The Morgan fingerprint density at radius 3 is 2.46 bits per heavy atom. The lowest BCUT2D eigenvalue weighted by Crippen LogP contribution is -2.53. The van der Waals surface area contributed by atoms with Gasteiger partial charge in [0.25, 0.3) is 0 Å². The first-order valence-corrected chi connectivity index (χ1v) is 12.2. The van der Waals surface area contributed by atoms with Crippen LogP contribution in [0.5, 0.6) is 11.5 Å². The summed E-state index contributed by atoms with van der Waals surface area (Å²) in [5, 5.41) is 6.15. The predicted octanol–water partition coefficient (Wildman–Crippen LogP) is 1.16. The Morgan fingerprint density at radius 1 is 1.05 bits per heavy atom. The molecule has 2 aromatic rings. The molecule has 10 heteroatoms. The van der Waals surface area contributed by atoms with E-state index in [1.807, 2.05) is 32.0 Å². The van der Waals surface area contributed by atoms with E-state index in [1.165, 1.54) is 12.0 Å². The second-order valence-electron chi connectivity index (χ2n) is 9.96. The molecule has 0 unspecified atom stereocenters. The number of anilines is 1. The molecule has 0 aliphatic carbocycles. The van der Waals surface area contributed by atoms with Gasteiger partial charge in [0.2, 0.25) is 23.6 Å². The van der Waals surface area contributed by atoms with Crippen molar-refractivity contribution in [1.82, 2.24) is 10.2 Å². The third-order valence-corrected chi connectivity index (χ3v) is 7.75. The number of fused-ring (bicyclic) bond motifs is 4. The van der Waals surface area contributed by atoms with E-state index in [9.17, 15) is 19.2 Å². The van der Waals surface area contributed by atoms with E-state index in [2.05, 4.69) is 10.6 Å². The van der Waals surface area contributed by atoms with Crippen molar-refractivity contribution in [3.8, 4) is 11.5 Å². The van der Waals surface area contributed by atoms with E-state index < -0.39 is 47.0 Å². The Bertz CT molecular complexity index is 1340. The maximum atomic E-state index is 13.9. The molecule has 37 heavy (non-hydrogen) atoms. The van der Waals surface area contributed by atoms with Gasteiger partial charge < -0.3 is 20.5 Å². The van der Waals surface area contributed by atoms with Crippen molar-refractivity contribution >= 4 is 29.3 Å². The maximum Gasteiger partial charge on any atom is 0.250 e. The molecular weight excluding hydrogens is 476 g/mol. The molecule has 3 aliphatic rings. The van der Waals surface area contributed by atoms with Crippen molar-refractivity contribution in [2.24, 2.45) is 17.6 Å². The van der Waals surface area contributed by atoms with Crippen molar-refractivity contribution in [3.63, 3.8) is 0 Å². The lowest BCUT2D eigenvalue weighted by molar-refractivity contribution is -0.142. The fraction of sp³-hybridized carbons (Fsp3) is 0.407. The van der Waals surface area contributed by atoms with Crippen LogP contribution in [0.2, 0.25) is 0 Å². The molecule has 0 bridgehead atoms. The first-order valence-electron chi connectivity index (χ1n) is 12.2. The van der Waals surface area contributed by atoms with Crippen LogP contribution in [0.15, 0.2) is 30.3 Å². The van der Waals surface area contributed by atoms with E-state index >= 15 is 0 Å². The molecule has 5 rings (SSSR count). The number of hydrogen-bond acceptors (Lipinski definition) is 7. The highest BCUT2D eigenvalue weighted by Crippen LogP contribution is 2.54. The highest BCUT2D eigenvalue weighted by Gasteiger charge is 2.70. The van der Waals surface area contributed by atoms with Crippen LogP contribution in [0.3, 0.4) is 0 Å². The number of nitrogens with zero attached hydrogens (tertiary/aromatic N) is 1. The second kappa shape index (κ2) is 8.88. The Kier molecular flexibility index (Phi) is 5.94. The zero-order chi connectivity index (χ0) is 26.6. The van der Waals surface area contributed by atoms with Crippen molar-refractivity contribution < 1.29 is 28.7 Å². The number of nitrogens with one attached hydrogen (secondary N) is 2. The van der Waals surface area contributed by atoms with Crippen LogP contribution in [-0.4, -0.2) is 55.3 Å². The quantitative estimate of drug-likeness (QED) is 0.479. The molecule has 10 nitrogen and oxygen atoms in total. The Labute approximate surface area is 214 Å². The number of carbonyl (C=O) groups is 4. The van der Waals surface area contributed by atoms with E-state index in [-0.39, 0.29) is 13.0 Å². The first kappa shape index (κ1) is 24.8. The summed E-state index contributed by atoms with van der Waals surface area (Å²) in [5.41, 5.74) is 7.94. The number of benzene rings is 2. The van der Waals surface area contributed by atoms with Crippen LogP contribution in [-0.2, 0) is 31.1 Å². The lowest BCUT2D eigenvalue weighted by atomic mass is 9.76. The van der Waals surface area contributed by atoms with Gasteiger partial charge in [-0.15, -0.1) is 0 Å². The minimum atomic E-state index is -1.46. The summed E-state index contributed by atoms with van der Waals surface area (Å²) >= 11 is 0. The molecule has 4 atom stereocenters. The van der Waals surface area contributed by atoms with Crippen LogP contribution >= 0.6 is 0 Å². The number of rotatable bonds is 7. The first-order chi connectivity index (χ1) is 17.6. The van der Waals surface area contributed by atoms with Crippen LogP contribution in [0.1, 0.15) is 28.7 Å². The van der Waals surface area contributed by atoms with Crippen molar-refractivity contribution in [3.05, 3.63) is 52.6 Å². The average Bonchev–Trinajstić information content (AvgIpc) is 3.42. The van der Waals surface area contributed by atoms with Gasteiger partial charge in [-0.1, -0.05) is 23.8 Å². The minimum Gasteiger partial charge on any atom is -0.493 e. The van der Waals surface area contributed by atoms with Gasteiger partial charge in [0.05, 0.1) is 26.1 Å². The topological polar surface area (TPSA) is 140 Å². The number of imide groups is 1. The predicted molar refractivity (Wildman–Crippen MR) is 134 cm³/mol. The normalized spacial score (nSPS) is 25.9. The van der Waals surface area contributed by atoms with E-state index in [1.54, 1.807) is 19.2 Å². The zero-order valence-corrected chi connectivity index (χ0v) is 21.2. The second-order valence-corrected chi connectivity index (χ2v) is 9.96. The van der Waals surface area contributed by atoms with E-state index in [0.29, 0.717) is 29.2 Å². The van der Waals surface area contributed by atoms with E-state index in [4.69, 9.17) is 15.2 Å². The molecule has 4 amide bonds. The molecule has 0 aromatic heterocycles. The molecule has 2 fully saturated rings. The summed E-state index contributed by atoms with van der Waals surface area (Å²) in [6.07, 6.45) is 0.220. The summed E-state index contributed by atoms with van der Waals surface area (Å²) in [6, 6.07) is 8.48. The average molecular weight is 507 g/mol. The van der Waals surface area contributed by atoms with Crippen molar-refractivity contribution in [1.29, 1.82) is 0 Å². The highest BCUT2D eigenvalue weighted by molar-refractivity contribution is 6.15. The third kappa shape index (κ3) is 3.66. The van der Waals surface area contributed by atoms with Crippen LogP contribution < -0.4 is 25.8 Å². The van der Waals surface area contributed by atoms with E-state index in [0.717, 1.165) is 16.7 Å². The van der Waals surface area contributed by atoms with Gasteiger partial charge in [-0.05, 0) is 43.5 Å². The third-order valence-electron chi connectivity index (χ3n) is 7.75. The SMILES string of the molecule is COc1ccc(CCN2C(=O)[C@@H]3[C@H](CC(N)=O)N[C@]4(C(=O)Nc5c(C)cc(C)cc54)[C@@H]3C2=O)cc1OC. The number of aryl methyl sites for hydroxylation is 2. The van der Waals surface area contributed by atoms with Crippen LogP contribution in [0.4, 0.5) is 5.69 Å². The zero-order valence-electron chi connectivity index (χ0n) is 21.2. The van der Waals surface area contributed by atoms with Gasteiger partial charge in [0.1, 0.15) is 5.54 Å². The number of primary amides is 1.